The number of piperidine rings is 1. The van der Waals surface area contributed by atoms with E-state index in [1.165, 1.54) is 6.42 Å². The first-order valence-electron chi connectivity index (χ1n) is 7.16. The van der Waals surface area contributed by atoms with Gasteiger partial charge in [-0.1, -0.05) is 13.8 Å². The van der Waals surface area contributed by atoms with Gasteiger partial charge in [0.25, 0.3) is 5.56 Å². The Bertz CT molecular complexity index is 664. The molecule has 0 saturated carbocycles. The molecule has 1 saturated heterocycles. The predicted molar refractivity (Wildman–Crippen MR) is 77.4 cm³/mol. The van der Waals surface area contributed by atoms with Gasteiger partial charge in [0, 0.05) is 20.1 Å². The topological polar surface area (TPSA) is 66.8 Å². The minimum Gasteiger partial charge on any atom is -0.309 e. The largest absolute Gasteiger partial charge is 0.309 e. The van der Waals surface area contributed by atoms with Crippen LogP contribution in [-0.2, 0) is 13.6 Å². The summed E-state index contributed by atoms with van der Waals surface area (Å²) in [6, 6.07) is 0. The summed E-state index contributed by atoms with van der Waals surface area (Å²) in [7, 11) is 1.81. The Kier molecular flexibility index (Phi) is 3.33. The van der Waals surface area contributed by atoms with Crippen LogP contribution >= 0.6 is 0 Å². The number of H-pyrrole nitrogens is 1. The van der Waals surface area contributed by atoms with Gasteiger partial charge in [-0.2, -0.15) is 5.10 Å². The van der Waals surface area contributed by atoms with Crippen LogP contribution in [-0.4, -0.2) is 37.7 Å². The molecule has 0 aromatic carbocycles. The third kappa shape index (κ3) is 2.47. The number of aromatic nitrogens is 4. The van der Waals surface area contributed by atoms with Crippen molar-refractivity contribution in [3.8, 4) is 0 Å². The van der Waals surface area contributed by atoms with Crippen LogP contribution in [0, 0.1) is 11.8 Å². The van der Waals surface area contributed by atoms with Crippen molar-refractivity contribution in [2.45, 2.75) is 26.8 Å². The van der Waals surface area contributed by atoms with Gasteiger partial charge in [-0.3, -0.25) is 14.4 Å². The third-order valence-electron chi connectivity index (χ3n) is 3.97. The minimum atomic E-state index is -0.101. The van der Waals surface area contributed by atoms with Gasteiger partial charge in [0.05, 0.1) is 12.7 Å². The van der Waals surface area contributed by atoms with E-state index in [2.05, 4.69) is 33.8 Å². The number of aryl methyl sites for hydroxylation is 1. The summed E-state index contributed by atoms with van der Waals surface area (Å²) >= 11 is 0. The van der Waals surface area contributed by atoms with E-state index in [-0.39, 0.29) is 5.56 Å². The lowest BCUT2D eigenvalue weighted by Gasteiger charge is -2.34. The Morgan fingerprint density at radius 2 is 2.05 bits per heavy atom. The Morgan fingerprint density at radius 1 is 1.35 bits per heavy atom. The lowest BCUT2D eigenvalue weighted by Crippen LogP contribution is -2.38. The molecule has 3 heterocycles. The van der Waals surface area contributed by atoms with Crippen molar-refractivity contribution in [1.29, 1.82) is 0 Å². The molecule has 2 atom stereocenters. The van der Waals surface area contributed by atoms with Gasteiger partial charge in [-0.05, 0) is 18.3 Å². The van der Waals surface area contributed by atoms with Crippen LogP contribution in [0.25, 0.3) is 11.0 Å². The number of likely N-dealkylation sites (tertiary alicyclic amines) is 1. The molecule has 0 aliphatic carbocycles. The average Bonchev–Trinajstić information content (AvgIpc) is 2.70. The van der Waals surface area contributed by atoms with Crippen LogP contribution in [0.1, 0.15) is 26.1 Å². The van der Waals surface area contributed by atoms with Crippen LogP contribution in [0.4, 0.5) is 0 Å². The monoisotopic (exact) mass is 275 g/mol. The van der Waals surface area contributed by atoms with Gasteiger partial charge in [0.1, 0.15) is 11.2 Å². The van der Waals surface area contributed by atoms with E-state index in [0.717, 1.165) is 18.9 Å². The SMILES string of the molecule is C[C@H]1C[C@H](C)CN(Cc2nc3c(cnn3C)c(=O)[nH]2)C1. The molecule has 1 aliphatic rings. The fourth-order valence-electron chi connectivity index (χ4n) is 3.29. The van der Waals surface area contributed by atoms with Crippen molar-refractivity contribution < 1.29 is 0 Å². The van der Waals surface area contributed by atoms with Crippen LogP contribution in [0.3, 0.4) is 0 Å². The fourth-order valence-corrected chi connectivity index (χ4v) is 3.29. The molecule has 0 spiro atoms. The first-order valence-corrected chi connectivity index (χ1v) is 7.16. The highest BCUT2D eigenvalue weighted by atomic mass is 16.1. The van der Waals surface area contributed by atoms with Gasteiger partial charge in [-0.15, -0.1) is 0 Å². The highest BCUT2D eigenvalue weighted by Crippen LogP contribution is 2.21. The third-order valence-corrected chi connectivity index (χ3v) is 3.97. The summed E-state index contributed by atoms with van der Waals surface area (Å²) in [5, 5.41) is 4.64. The van der Waals surface area contributed by atoms with Crippen molar-refractivity contribution in [1.82, 2.24) is 24.6 Å². The molecule has 108 valence electrons. The summed E-state index contributed by atoms with van der Waals surface area (Å²) in [5.74, 6) is 2.13. The zero-order valence-corrected chi connectivity index (χ0v) is 12.3. The second-order valence-corrected chi connectivity index (χ2v) is 6.16. The van der Waals surface area contributed by atoms with Crippen molar-refractivity contribution >= 4 is 11.0 Å². The maximum absolute atomic E-state index is 12.0. The number of nitrogens with zero attached hydrogens (tertiary/aromatic N) is 4. The first-order chi connectivity index (χ1) is 9.52. The van der Waals surface area contributed by atoms with Gasteiger partial charge >= 0.3 is 0 Å². The average molecular weight is 275 g/mol. The Balaban J connectivity index is 1.87. The Labute approximate surface area is 117 Å². The van der Waals surface area contributed by atoms with Crippen molar-refractivity contribution in [3.63, 3.8) is 0 Å². The van der Waals surface area contributed by atoms with Crippen LogP contribution in [0.15, 0.2) is 11.0 Å². The number of nitrogens with one attached hydrogen (secondary N) is 1. The maximum atomic E-state index is 12.0. The molecule has 1 aliphatic heterocycles. The molecule has 2 aromatic rings. The summed E-state index contributed by atoms with van der Waals surface area (Å²) in [6.07, 6.45) is 2.84. The van der Waals surface area contributed by atoms with E-state index in [1.807, 2.05) is 7.05 Å². The van der Waals surface area contributed by atoms with E-state index in [0.29, 0.717) is 29.4 Å². The van der Waals surface area contributed by atoms with E-state index in [1.54, 1.807) is 10.9 Å². The van der Waals surface area contributed by atoms with Gasteiger partial charge in [0.2, 0.25) is 0 Å². The van der Waals surface area contributed by atoms with Crippen molar-refractivity contribution in [3.05, 3.63) is 22.4 Å². The lowest BCUT2D eigenvalue weighted by atomic mass is 9.92. The van der Waals surface area contributed by atoms with Crippen LogP contribution in [0.2, 0.25) is 0 Å². The summed E-state index contributed by atoms with van der Waals surface area (Å²) in [4.78, 5) is 21.8. The highest BCUT2D eigenvalue weighted by molar-refractivity contribution is 5.72. The lowest BCUT2D eigenvalue weighted by molar-refractivity contribution is 0.131. The molecule has 0 bridgehead atoms. The van der Waals surface area contributed by atoms with E-state index >= 15 is 0 Å². The molecule has 0 amide bonds. The van der Waals surface area contributed by atoms with Gasteiger partial charge in [-0.25, -0.2) is 4.98 Å². The van der Waals surface area contributed by atoms with Crippen LogP contribution < -0.4 is 5.56 Å². The van der Waals surface area contributed by atoms with E-state index < -0.39 is 0 Å². The molecular weight excluding hydrogens is 254 g/mol. The zero-order valence-electron chi connectivity index (χ0n) is 12.3. The van der Waals surface area contributed by atoms with E-state index in [9.17, 15) is 4.79 Å². The maximum Gasteiger partial charge on any atom is 0.262 e. The number of aromatic amines is 1. The molecule has 3 rings (SSSR count). The molecule has 0 unspecified atom stereocenters. The second-order valence-electron chi connectivity index (χ2n) is 6.16. The standard InChI is InChI=1S/C14H21N5O/c1-9-4-10(2)7-19(6-9)8-12-16-13-11(14(20)17-12)5-15-18(13)3/h5,9-10H,4,6-8H2,1-3H3,(H,16,17,20)/t9-,10-/m0/s1. The number of fused-ring (bicyclic) bond motifs is 1. The number of rotatable bonds is 2. The minimum absolute atomic E-state index is 0.101. The van der Waals surface area contributed by atoms with Gasteiger partial charge < -0.3 is 4.98 Å². The molecule has 1 fully saturated rings. The molecule has 20 heavy (non-hydrogen) atoms. The molecule has 1 N–H and O–H groups in total. The number of hydrogen-bond donors (Lipinski definition) is 1. The predicted octanol–water partition coefficient (Wildman–Crippen LogP) is 1.13. The Morgan fingerprint density at radius 3 is 2.75 bits per heavy atom. The molecule has 6 heteroatoms. The Hall–Kier alpha value is -1.69. The van der Waals surface area contributed by atoms with Gasteiger partial charge in [0.15, 0.2) is 5.65 Å². The quantitative estimate of drug-likeness (QED) is 0.892. The van der Waals surface area contributed by atoms with Crippen molar-refractivity contribution in [2.75, 3.05) is 13.1 Å². The number of hydrogen-bond acceptors (Lipinski definition) is 4. The summed E-state index contributed by atoms with van der Waals surface area (Å²) in [5.41, 5.74) is 0.554. The first kappa shape index (κ1) is 13.3. The zero-order chi connectivity index (χ0) is 14.3. The molecular formula is C14H21N5O. The normalized spacial score (nSPS) is 24.4. The smallest absolute Gasteiger partial charge is 0.262 e. The molecule has 6 nitrogen and oxygen atoms in total. The van der Waals surface area contributed by atoms with Crippen molar-refractivity contribution in [2.24, 2.45) is 18.9 Å². The van der Waals surface area contributed by atoms with Crippen LogP contribution in [0.5, 0.6) is 0 Å². The highest BCUT2D eigenvalue weighted by Gasteiger charge is 2.22. The molecule has 0 radical (unpaired) electrons. The van der Waals surface area contributed by atoms with E-state index in [4.69, 9.17) is 0 Å². The summed E-state index contributed by atoms with van der Waals surface area (Å²) < 4.78 is 1.65. The fraction of sp³-hybridized carbons (Fsp3) is 0.643. The summed E-state index contributed by atoms with van der Waals surface area (Å²) in [6.45, 7) is 7.40. The molecule has 2 aromatic heterocycles. The second kappa shape index (κ2) is 5.01.